The summed E-state index contributed by atoms with van der Waals surface area (Å²) < 4.78 is 5.68. The number of fused-ring (bicyclic) bond motifs is 1. The number of benzene rings is 2. The second kappa shape index (κ2) is 7.40. The number of urea groups is 1. The zero-order chi connectivity index (χ0) is 17.8. The van der Waals surface area contributed by atoms with Gasteiger partial charge in [0.2, 0.25) is 0 Å². The van der Waals surface area contributed by atoms with Crippen LogP contribution in [0.15, 0.2) is 42.5 Å². The van der Waals surface area contributed by atoms with Crippen LogP contribution >= 0.6 is 11.6 Å². The number of hydrogen-bond donors (Lipinski definition) is 2. The summed E-state index contributed by atoms with van der Waals surface area (Å²) in [7, 11) is 0. The highest BCUT2D eigenvalue weighted by molar-refractivity contribution is 6.33. The quantitative estimate of drug-likeness (QED) is 0.642. The minimum atomic E-state index is -0.545. The van der Waals surface area contributed by atoms with E-state index >= 15 is 0 Å². The van der Waals surface area contributed by atoms with Crippen LogP contribution in [-0.2, 0) is 6.42 Å². The number of non-ortho nitro benzene ring substituents is 1. The van der Waals surface area contributed by atoms with Gasteiger partial charge in [-0.2, -0.15) is 0 Å². The molecular formula is C17H16ClN3O4. The van der Waals surface area contributed by atoms with Crippen molar-refractivity contribution < 1.29 is 14.5 Å². The lowest BCUT2D eigenvalue weighted by Crippen LogP contribution is -2.37. The van der Waals surface area contributed by atoms with E-state index < -0.39 is 11.0 Å². The van der Waals surface area contributed by atoms with Crippen LogP contribution in [0.4, 0.5) is 16.2 Å². The highest BCUT2D eigenvalue weighted by atomic mass is 35.5. The number of nitro benzene ring substituents is 1. The smallest absolute Gasteiger partial charge is 0.319 e. The van der Waals surface area contributed by atoms with Gasteiger partial charge in [0.1, 0.15) is 5.75 Å². The summed E-state index contributed by atoms with van der Waals surface area (Å²) in [6.45, 7) is 0.986. The summed E-state index contributed by atoms with van der Waals surface area (Å²) in [4.78, 5) is 22.2. The molecule has 25 heavy (non-hydrogen) atoms. The minimum absolute atomic E-state index is 0.110. The van der Waals surface area contributed by atoms with Crippen LogP contribution in [0.1, 0.15) is 5.56 Å². The van der Waals surface area contributed by atoms with Crippen LogP contribution in [-0.4, -0.2) is 24.1 Å². The molecule has 0 saturated heterocycles. The lowest BCUT2D eigenvalue weighted by Gasteiger charge is -2.25. The Morgan fingerprint density at radius 2 is 2.12 bits per heavy atom. The van der Waals surface area contributed by atoms with Gasteiger partial charge in [0.15, 0.2) is 0 Å². The molecule has 0 fully saturated rings. The maximum absolute atomic E-state index is 12.0. The first-order valence-corrected chi connectivity index (χ1v) is 8.10. The Hall–Kier alpha value is -2.80. The van der Waals surface area contributed by atoms with Gasteiger partial charge in [-0.15, -0.1) is 0 Å². The number of anilines is 1. The molecule has 0 aromatic heterocycles. The third-order valence-electron chi connectivity index (χ3n) is 3.92. The second-order valence-electron chi connectivity index (χ2n) is 5.75. The van der Waals surface area contributed by atoms with Gasteiger partial charge in [-0.1, -0.05) is 29.8 Å². The molecule has 1 aliphatic heterocycles. The van der Waals surface area contributed by atoms with E-state index in [0.29, 0.717) is 18.8 Å². The van der Waals surface area contributed by atoms with Crippen molar-refractivity contribution in [1.82, 2.24) is 5.32 Å². The van der Waals surface area contributed by atoms with Crippen molar-refractivity contribution in [3.8, 4) is 5.75 Å². The average Bonchev–Trinajstić information content (AvgIpc) is 2.61. The molecule has 0 saturated carbocycles. The standard InChI is InChI=1S/C17H16ClN3O4/c18-14-8-13(21(23)24)5-6-15(14)20-17(22)19-9-11-7-12-3-1-2-4-16(12)25-10-11/h1-6,8,11H,7,9-10H2,(H2,19,20,22). The third kappa shape index (κ3) is 4.19. The Balaban J connectivity index is 1.53. The first kappa shape index (κ1) is 17.0. The fourth-order valence-electron chi connectivity index (χ4n) is 2.64. The highest BCUT2D eigenvalue weighted by Crippen LogP contribution is 2.27. The topological polar surface area (TPSA) is 93.5 Å². The molecule has 1 aliphatic rings. The lowest BCUT2D eigenvalue weighted by atomic mass is 9.97. The van der Waals surface area contributed by atoms with Crippen molar-refractivity contribution in [3.05, 3.63) is 63.2 Å². The summed E-state index contributed by atoms with van der Waals surface area (Å²) in [6, 6.07) is 11.3. The van der Waals surface area contributed by atoms with Crippen molar-refractivity contribution in [2.75, 3.05) is 18.5 Å². The normalized spacial score (nSPS) is 15.6. The Kier molecular flexibility index (Phi) is 5.04. The molecule has 1 unspecified atom stereocenters. The van der Waals surface area contributed by atoms with E-state index in [-0.39, 0.29) is 16.6 Å². The molecule has 0 aliphatic carbocycles. The molecule has 1 heterocycles. The molecule has 3 rings (SSSR count). The van der Waals surface area contributed by atoms with Crippen LogP contribution < -0.4 is 15.4 Å². The first-order valence-electron chi connectivity index (χ1n) is 7.72. The van der Waals surface area contributed by atoms with Crippen LogP contribution in [0.2, 0.25) is 5.02 Å². The predicted molar refractivity (Wildman–Crippen MR) is 94.3 cm³/mol. The number of halogens is 1. The second-order valence-corrected chi connectivity index (χ2v) is 6.15. The molecule has 1 atom stereocenters. The molecule has 2 N–H and O–H groups in total. The molecule has 0 bridgehead atoms. The van der Waals surface area contributed by atoms with Gasteiger partial charge in [-0.25, -0.2) is 4.79 Å². The monoisotopic (exact) mass is 361 g/mol. The molecular weight excluding hydrogens is 346 g/mol. The van der Waals surface area contributed by atoms with Gasteiger partial charge >= 0.3 is 6.03 Å². The molecule has 7 nitrogen and oxygen atoms in total. The van der Waals surface area contributed by atoms with E-state index in [1.807, 2.05) is 24.3 Å². The van der Waals surface area contributed by atoms with E-state index in [1.54, 1.807) is 0 Å². The van der Waals surface area contributed by atoms with Gasteiger partial charge < -0.3 is 15.4 Å². The number of ether oxygens (including phenoxy) is 1. The van der Waals surface area contributed by atoms with Crippen molar-refractivity contribution in [2.24, 2.45) is 5.92 Å². The fraction of sp³-hybridized carbons (Fsp3) is 0.235. The Labute approximate surface area is 149 Å². The molecule has 0 spiro atoms. The van der Waals surface area contributed by atoms with E-state index in [2.05, 4.69) is 10.6 Å². The molecule has 2 aromatic rings. The van der Waals surface area contributed by atoms with E-state index in [0.717, 1.165) is 17.7 Å². The van der Waals surface area contributed by atoms with Crippen molar-refractivity contribution in [1.29, 1.82) is 0 Å². The number of nitro groups is 1. The summed E-state index contributed by atoms with van der Waals surface area (Å²) >= 11 is 5.96. The molecule has 2 amide bonds. The van der Waals surface area contributed by atoms with Crippen LogP contribution in [0.25, 0.3) is 0 Å². The molecule has 0 radical (unpaired) electrons. The maximum atomic E-state index is 12.0. The van der Waals surface area contributed by atoms with Crippen LogP contribution in [0, 0.1) is 16.0 Å². The summed E-state index contributed by atoms with van der Waals surface area (Å²) in [5, 5.41) is 16.2. The van der Waals surface area contributed by atoms with E-state index in [4.69, 9.17) is 16.3 Å². The average molecular weight is 362 g/mol. The fourth-order valence-corrected chi connectivity index (χ4v) is 2.87. The zero-order valence-corrected chi connectivity index (χ0v) is 14.0. The Bertz CT molecular complexity index is 812. The van der Waals surface area contributed by atoms with Gasteiger partial charge in [-0.3, -0.25) is 10.1 Å². The summed E-state index contributed by atoms with van der Waals surface area (Å²) in [5.74, 6) is 1.06. The summed E-state index contributed by atoms with van der Waals surface area (Å²) in [6.07, 6.45) is 0.828. The zero-order valence-electron chi connectivity index (χ0n) is 13.2. The third-order valence-corrected chi connectivity index (χ3v) is 4.23. The van der Waals surface area contributed by atoms with Crippen molar-refractivity contribution in [3.63, 3.8) is 0 Å². The highest BCUT2D eigenvalue weighted by Gasteiger charge is 2.20. The summed E-state index contributed by atoms with van der Waals surface area (Å²) in [5.41, 5.74) is 1.31. The van der Waals surface area contributed by atoms with Gasteiger partial charge in [0.05, 0.1) is 22.2 Å². The lowest BCUT2D eigenvalue weighted by molar-refractivity contribution is -0.384. The van der Waals surface area contributed by atoms with Crippen LogP contribution in [0.3, 0.4) is 0 Å². The number of para-hydroxylation sites is 1. The van der Waals surface area contributed by atoms with Gasteiger partial charge in [-0.05, 0) is 24.1 Å². The Morgan fingerprint density at radius 1 is 1.32 bits per heavy atom. The number of nitrogens with zero attached hydrogens (tertiary/aromatic N) is 1. The van der Waals surface area contributed by atoms with Crippen molar-refractivity contribution in [2.45, 2.75) is 6.42 Å². The van der Waals surface area contributed by atoms with Gasteiger partial charge in [0.25, 0.3) is 5.69 Å². The van der Waals surface area contributed by atoms with E-state index in [1.165, 1.54) is 18.2 Å². The molecule has 130 valence electrons. The number of amides is 2. The SMILES string of the molecule is O=C(NCC1COc2ccccc2C1)Nc1ccc([N+](=O)[O-])cc1Cl. The molecule has 8 heteroatoms. The number of rotatable bonds is 4. The van der Waals surface area contributed by atoms with Crippen LogP contribution in [0.5, 0.6) is 5.75 Å². The minimum Gasteiger partial charge on any atom is -0.493 e. The number of nitrogens with one attached hydrogen (secondary N) is 2. The predicted octanol–water partition coefficient (Wildman–Crippen LogP) is 3.62. The van der Waals surface area contributed by atoms with E-state index in [9.17, 15) is 14.9 Å². The first-order chi connectivity index (χ1) is 12.0. The number of carbonyl (C=O) groups is 1. The number of hydrogen-bond acceptors (Lipinski definition) is 4. The molecule has 2 aromatic carbocycles. The van der Waals surface area contributed by atoms with Gasteiger partial charge in [0, 0.05) is 24.6 Å². The van der Waals surface area contributed by atoms with Crippen molar-refractivity contribution >= 4 is 29.0 Å². The number of carbonyl (C=O) groups excluding carboxylic acids is 1. The Morgan fingerprint density at radius 3 is 2.88 bits per heavy atom. The largest absolute Gasteiger partial charge is 0.493 e. The maximum Gasteiger partial charge on any atom is 0.319 e.